The molecule has 2 aromatic heterocycles. The molecule has 92 valence electrons. The molecule has 1 aliphatic heterocycles. The van der Waals surface area contributed by atoms with Gasteiger partial charge in [0.2, 0.25) is 0 Å². The van der Waals surface area contributed by atoms with Gasteiger partial charge in [0, 0.05) is 32.4 Å². The number of carbonyl (C=O) groups excluding carboxylic acids is 1. The normalized spacial score (nSPS) is 14.4. The van der Waals surface area contributed by atoms with Gasteiger partial charge in [0.05, 0.1) is 30.5 Å². The van der Waals surface area contributed by atoms with Crippen molar-refractivity contribution in [1.29, 1.82) is 0 Å². The zero-order valence-electron chi connectivity index (χ0n) is 10.1. The van der Waals surface area contributed by atoms with E-state index in [4.69, 9.17) is 0 Å². The predicted octanol–water partition coefficient (Wildman–Crippen LogP) is 0.409. The van der Waals surface area contributed by atoms with E-state index < -0.39 is 0 Å². The first-order chi connectivity index (χ1) is 8.75. The van der Waals surface area contributed by atoms with Crippen LogP contribution in [0, 0.1) is 0 Å². The summed E-state index contributed by atoms with van der Waals surface area (Å²) in [5.74, 6) is -0.0741. The SMILES string of the molecule is Cn1cnc2c1CN(C(=O)c1cnccn1)CC2. The highest BCUT2D eigenvalue weighted by molar-refractivity contribution is 5.92. The molecule has 0 N–H and O–H groups in total. The van der Waals surface area contributed by atoms with Crippen LogP contribution in [0.3, 0.4) is 0 Å². The van der Waals surface area contributed by atoms with Gasteiger partial charge in [-0.3, -0.25) is 9.78 Å². The summed E-state index contributed by atoms with van der Waals surface area (Å²) >= 11 is 0. The Bertz CT molecular complexity index is 577. The van der Waals surface area contributed by atoms with Gasteiger partial charge in [0.15, 0.2) is 0 Å². The molecule has 0 fully saturated rings. The molecule has 18 heavy (non-hydrogen) atoms. The summed E-state index contributed by atoms with van der Waals surface area (Å²) in [5.41, 5.74) is 2.57. The molecule has 0 atom stereocenters. The summed E-state index contributed by atoms with van der Waals surface area (Å²) in [7, 11) is 1.95. The van der Waals surface area contributed by atoms with Crippen LogP contribution in [0.4, 0.5) is 0 Å². The number of hydrogen-bond donors (Lipinski definition) is 0. The molecule has 1 aliphatic rings. The molecule has 0 radical (unpaired) electrons. The van der Waals surface area contributed by atoms with Gasteiger partial charge in [-0.2, -0.15) is 0 Å². The molecule has 0 saturated heterocycles. The van der Waals surface area contributed by atoms with E-state index in [1.165, 1.54) is 12.4 Å². The van der Waals surface area contributed by atoms with Gasteiger partial charge < -0.3 is 9.47 Å². The quantitative estimate of drug-likeness (QED) is 0.727. The second-order valence-electron chi connectivity index (χ2n) is 4.32. The summed E-state index contributed by atoms with van der Waals surface area (Å²) in [6, 6.07) is 0. The van der Waals surface area contributed by atoms with Crippen molar-refractivity contribution in [3.63, 3.8) is 0 Å². The molecule has 3 rings (SSSR count). The standard InChI is InChI=1S/C12H13N5O/c1-16-8-15-9-2-5-17(7-11(9)16)12(18)10-6-13-3-4-14-10/h3-4,6,8H,2,5,7H2,1H3. The van der Waals surface area contributed by atoms with E-state index in [9.17, 15) is 4.79 Å². The number of amides is 1. The number of carbonyl (C=O) groups is 1. The number of hydrogen-bond acceptors (Lipinski definition) is 4. The highest BCUT2D eigenvalue weighted by atomic mass is 16.2. The lowest BCUT2D eigenvalue weighted by atomic mass is 10.1. The largest absolute Gasteiger partial charge is 0.336 e. The molecule has 0 unspecified atom stereocenters. The molecule has 1 amide bonds. The maximum atomic E-state index is 12.2. The van der Waals surface area contributed by atoms with Crippen molar-refractivity contribution in [2.45, 2.75) is 13.0 Å². The molecule has 0 spiro atoms. The number of fused-ring (bicyclic) bond motifs is 1. The van der Waals surface area contributed by atoms with Crippen LogP contribution in [-0.4, -0.2) is 36.9 Å². The zero-order valence-corrected chi connectivity index (χ0v) is 10.1. The van der Waals surface area contributed by atoms with Crippen LogP contribution in [-0.2, 0) is 20.0 Å². The minimum absolute atomic E-state index is 0.0741. The number of imidazole rings is 1. The number of aromatic nitrogens is 4. The van der Waals surface area contributed by atoms with Crippen molar-refractivity contribution >= 4 is 5.91 Å². The van der Waals surface area contributed by atoms with Gasteiger partial charge in [-0.1, -0.05) is 0 Å². The Morgan fingerprint density at radius 3 is 3.00 bits per heavy atom. The molecule has 0 bridgehead atoms. The van der Waals surface area contributed by atoms with Gasteiger partial charge in [-0.15, -0.1) is 0 Å². The average Bonchev–Trinajstić information content (AvgIpc) is 2.80. The van der Waals surface area contributed by atoms with Crippen LogP contribution in [0.5, 0.6) is 0 Å². The summed E-state index contributed by atoms with van der Waals surface area (Å²) in [6.45, 7) is 1.26. The van der Waals surface area contributed by atoms with E-state index in [0.29, 0.717) is 18.8 Å². The van der Waals surface area contributed by atoms with Crippen LogP contribution in [0.1, 0.15) is 21.9 Å². The summed E-state index contributed by atoms with van der Waals surface area (Å²) < 4.78 is 1.96. The maximum Gasteiger partial charge on any atom is 0.274 e. The smallest absolute Gasteiger partial charge is 0.274 e. The van der Waals surface area contributed by atoms with E-state index >= 15 is 0 Å². The number of rotatable bonds is 1. The van der Waals surface area contributed by atoms with Gasteiger partial charge in [-0.25, -0.2) is 9.97 Å². The Kier molecular flexibility index (Phi) is 2.55. The Hall–Kier alpha value is -2.24. The third-order valence-corrected chi connectivity index (χ3v) is 3.17. The van der Waals surface area contributed by atoms with E-state index in [0.717, 1.165) is 17.8 Å². The highest BCUT2D eigenvalue weighted by Crippen LogP contribution is 2.18. The van der Waals surface area contributed by atoms with Crippen molar-refractivity contribution in [3.8, 4) is 0 Å². The van der Waals surface area contributed by atoms with E-state index in [1.807, 2.05) is 11.6 Å². The Morgan fingerprint density at radius 1 is 1.33 bits per heavy atom. The molecule has 6 nitrogen and oxygen atoms in total. The lowest BCUT2D eigenvalue weighted by Crippen LogP contribution is -2.37. The van der Waals surface area contributed by atoms with Crippen LogP contribution in [0.25, 0.3) is 0 Å². The lowest BCUT2D eigenvalue weighted by molar-refractivity contribution is 0.0723. The fourth-order valence-corrected chi connectivity index (χ4v) is 2.16. The first kappa shape index (κ1) is 10.9. The second kappa shape index (κ2) is 4.21. The van der Waals surface area contributed by atoms with E-state index in [-0.39, 0.29) is 5.91 Å². The van der Waals surface area contributed by atoms with Crippen LogP contribution >= 0.6 is 0 Å². The highest BCUT2D eigenvalue weighted by Gasteiger charge is 2.25. The molecule has 0 saturated carbocycles. The van der Waals surface area contributed by atoms with Crippen molar-refractivity contribution < 1.29 is 4.79 Å². The second-order valence-corrected chi connectivity index (χ2v) is 4.32. The molecule has 0 aliphatic carbocycles. The van der Waals surface area contributed by atoms with E-state index in [2.05, 4.69) is 15.0 Å². The third kappa shape index (κ3) is 1.75. The molecule has 2 aromatic rings. The zero-order chi connectivity index (χ0) is 12.5. The Balaban J connectivity index is 1.84. The van der Waals surface area contributed by atoms with Gasteiger partial charge >= 0.3 is 0 Å². The molecular formula is C12H13N5O. The van der Waals surface area contributed by atoms with Gasteiger partial charge in [0.25, 0.3) is 5.91 Å². The van der Waals surface area contributed by atoms with Crippen LogP contribution < -0.4 is 0 Å². The monoisotopic (exact) mass is 243 g/mol. The lowest BCUT2D eigenvalue weighted by Gasteiger charge is -2.26. The Labute approximate surface area is 104 Å². The third-order valence-electron chi connectivity index (χ3n) is 3.17. The fraction of sp³-hybridized carbons (Fsp3) is 0.333. The minimum Gasteiger partial charge on any atom is -0.336 e. The summed E-state index contributed by atoms with van der Waals surface area (Å²) in [5, 5.41) is 0. The van der Waals surface area contributed by atoms with Crippen molar-refractivity contribution in [1.82, 2.24) is 24.4 Å². The first-order valence-corrected chi connectivity index (χ1v) is 5.80. The van der Waals surface area contributed by atoms with Crippen molar-refractivity contribution in [3.05, 3.63) is 42.0 Å². The molecular weight excluding hydrogens is 230 g/mol. The van der Waals surface area contributed by atoms with Gasteiger partial charge in [0.1, 0.15) is 5.69 Å². The van der Waals surface area contributed by atoms with Crippen LogP contribution in [0.2, 0.25) is 0 Å². The molecule has 3 heterocycles. The summed E-state index contributed by atoms with van der Waals surface area (Å²) in [4.78, 5) is 26.3. The van der Waals surface area contributed by atoms with E-state index in [1.54, 1.807) is 17.4 Å². The average molecular weight is 243 g/mol. The molecule has 6 heteroatoms. The first-order valence-electron chi connectivity index (χ1n) is 5.80. The minimum atomic E-state index is -0.0741. The Morgan fingerprint density at radius 2 is 2.22 bits per heavy atom. The summed E-state index contributed by atoms with van der Waals surface area (Å²) in [6.07, 6.45) is 7.18. The topological polar surface area (TPSA) is 63.9 Å². The van der Waals surface area contributed by atoms with Crippen molar-refractivity contribution in [2.24, 2.45) is 7.05 Å². The number of aryl methyl sites for hydroxylation is 1. The molecule has 0 aromatic carbocycles. The van der Waals surface area contributed by atoms with Gasteiger partial charge in [-0.05, 0) is 0 Å². The predicted molar refractivity (Wildman–Crippen MR) is 63.7 cm³/mol. The van der Waals surface area contributed by atoms with Crippen LogP contribution in [0.15, 0.2) is 24.9 Å². The fourth-order valence-electron chi connectivity index (χ4n) is 2.16. The van der Waals surface area contributed by atoms with Crippen molar-refractivity contribution in [2.75, 3.05) is 6.54 Å². The maximum absolute atomic E-state index is 12.2. The number of nitrogens with zero attached hydrogens (tertiary/aromatic N) is 5.